The molecule has 1 rings (SSSR count). The van der Waals surface area contributed by atoms with E-state index in [1.807, 2.05) is 0 Å². The minimum absolute atomic E-state index is 0.162. The van der Waals surface area contributed by atoms with Crippen LogP contribution in [0.3, 0.4) is 0 Å². The van der Waals surface area contributed by atoms with Crippen LogP contribution in [0.15, 0.2) is 0 Å². The van der Waals surface area contributed by atoms with Crippen LogP contribution in [0.1, 0.15) is 40.0 Å². The standard InChI is InChI=1S/C10H20N2O5S/c1-9(2,3)17-8(13)12-10(5-4-6-10)7-16-18(11,14)15/h4-7H2,1-3H3,(H,12,13)(H2,11,14,15). The van der Waals surface area contributed by atoms with Crippen molar-refractivity contribution in [2.75, 3.05) is 6.61 Å². The van der Waals surface area contributed by atoms with E-state index in [-0.39, 0.29) is 6.61 Å². The van der Waals surface area contributed by atoms with Gasteiger partial charge < -0.3 is 10.1 Å². The van der Waals surface area contributed by atoms with Crippen molar-refractivity contribution in [3.8, 4) is 0 Å². The fourth-order valence-corrected chi connectivity index (χ4v) is 2.01. The molecule has 0 spiro atoms. The molecule has 1 amide bonds. The lowest BCUT2D eigenvalue weighted by molar-refractivity contribution is 0.0298. The Hall–Kier alpha value is -0.860. The van der Waals surface area contributed by atoms with Crippen LogP contribution in [0.25, 0.3) is 0 Å². The van der Waals surface area contributed by atoms with E-state index in [1.54, 1.807) is 20.8 Å². The average molecular weight is 280 g/mol. The van der Waals surface area contributed by atoms with Gasteiger partial charge in [0.25, 0.3) is 0 Å². The summed E-state index contributed by atoms with van der Waals surface area (Å²) in [7, 11) is -4.00. The number of ether oxygens (including phenoxy) is 1. The normalized spacial score (nSPS) is 18.9. The van der Waals surface area contributed by atoms with Gasteiger partial charge in [-0.05, 0) is 40.0 Å². The van der Waals surface area contributed by atoms with Crippen LogP contribution in [0, 0.1) is 0 Å². The van der Waals surface area contributed by atoms with E-state index < -0.39 is 27.5 Å². The van der Waals surface area contributed by atoms with Crippen molar-refractivity contribution in [1.29, 1.82) is 0 Å². The summed E-state index contributed by atoms with van der Waals surface area (Å²) in [5.41, 5.74) is -1.29. The van der Waals surface area contributed by atoms with Gasteiger partial charge in [0, 0.05) is 0 Å². The summed E-state index contributed by atoms with van der Waals surface area (Å²) >= 11 is 0. The summed E-state index contributed by atoms with van der Waals surface area (Å²) in [6.45, 7) is 5.09. The highest BCUT2D eigenvalue weighted by Crippen LogP contribution is 2.32. The van der Waals surface area contributed by atoms with Crippen molar-refractivity contribution in [3.05, 3.63) is 0 Å². The van der Waals surface area contributed by atoms with E-state index in [0.29, 0.717) is 12.8 Å². The Balaban J connectivity index is 2.53. The Morgan fingerprint density at radius 2 is 1.94 bits per heavy atom. The van der Waals surface area contributed by atoms with Gasteiger partial charge in [-0.25, -0.2) is 9.93 Å². The Morgan fingerprint density at radius 3 is 2.28 bits per heavy atom. The molecule has 0 aliphatic heterocycles. The maximum Gasteiger partial charge on any atom is 0.408 e. The van der Waals surface area contributed by atoms with E-state index in [2.05, 4.69) is 9.50 Å². The van der Waals surface area contributed by atoms with Gasteiger partial charge in [-0.15, -0.1) is 0 Å². The van der Waals surface area contributed by atoms with Crippen LogP contribution in [-0.4, -0.2) is 32.3 Å². The first kappa shape index (κ1) is 15.2. The maximum absolute atomic E-state index is 11.6. The predicted octanol–water partition coefficient (Wildman–Crippen LogP) is 0.654. The molecule has 1 aliphatic carbocycles. The molecule has 1 saturated carbocycles. The maximum atomic E-state index is 11.6. The summed E-state index contributed by atoms with van der Waals surface area (Å²) in [6, 6.07) is 0. The van der Waals surface area contributed by atoms with Gasteiger partial charge in [0.15, 0.2) is 0 Å². The molecule has 1 fully saturated rings. The van der Waals surface area contributed by atoms with Crippen molar-refractivity contribution in [2.24, 2.45) is 5.14 Å². The summed E-state index contributed by atoms with van der Waals surface area (Å²) < 4.78 is 31.2. The first-order valence-corrected chi connectivity index (χ1v) is 7.17. The van der Waals surface area contributed by atoms with Crippen LogP contribution in [0.2, 0.25) is 0 Å². The molecule has 0 atom stereocenters. The molecule has 7 nitrogen and oxygen atoms in total. The third-order valence-corrected chi connectivity index (χ3v) is 3.02. The molecule has 1 aliphatic rings. The van der Waals surface area contributed by atoms with Gasteiger partial charge in [-0.3, -0.25) is 4.18 Å². The number of alkyl carbamates (subject to hydrolysis) is 1. The van der Waals surface area contributed by atoms with Crippen molar-refractivity contribution >= 4 is 16.4 Å². The molecular weight excluding hydrogens is 260 g/mol. The van der Waals surface area contributed by atoms with E-state index in [0.717, 1.165) is 6.42 Å². The van der Waals surface area contributed by atoms with E-state index in [4.69, 9.17) is 9.88 Å². The number of carbonyl (C=O) groups excluding carboxylic acids is 1. The van der Waals surface area contributed by atoms with Gasteiger partial charge in [0.05, 0.1) is 12.1 Å². The van der Waals surface area contributed by atoms with Gasteiger partial charge in [-0.2, -0.15) is 8.42 Å². The molecule has 0 saturated heterocycles. The van der Waals surface area contributed by atoms with Crippen LogP contribution in [0.4, 0.5) is 4.79 Å². The van der Waals surface area contributed by atoms with Crippen LogP contribution in [0.5, 0.6) is 0 Å². The topological polar surface area (TPSA) is 108 Å². The lowest BCUT2D eigenvalue weighted by atomic mass is 9.77. The van der Waals surface area contributed by atoms with Crippen molar-refractivity contribution < 1.29 is 22.1 Å². The lowest BCUT2D eigenvalue weighted by Gasteiger charge is -2.41. The number of hydrogen-bond donors (Lipinski definition) is 2. The highest BCUT2D eigenvalue weighted by atomic mass is 32.2. The zero-order valence-corrected chi connectivity index (χ0v) is 11.7. The number of nitrogens with one attached hydrogen (secondary N) is 1. The quantitative estimate of drug-likeness (QED) is 0.786. The fourth-order valence-electron chi connectivity index (χ4n) is 1.62. The molecule has 0 aromatic rings. The number of carbonyl (C=O) groups is 1. The summed E-state index contributed by atoms with van der Waals surface area (Å²) in [5.74, 6) is 0. The number of rotatable bonds is 4. The van der Waals surface area contributed by atoms with Gasteiger partial charge in [0.2, 0.25) is 0 Å². The van der Waals surface area contributed by atoms with Crippen LogP contribution in [-0.2, 0) is 19.2 Å². The van der Waals surface area contributed by atoms with Crippen molar-refractivity contribution in [1.82, 2.24) is 5.32 Å². The van der Waals surface area contributed by atoms with E-state index in [1.165, 1.54) is 0 Å². The third-order valence-electron chi connectivity index (χ3n) is 2.58. The Kier molecular flexibility index (Phi) is 4.24. The summed E-state index contributed by atoms with van der Waals surface area (Å²) in [5, 5.41) is 7.41. The van der Waals surface area contributed by atoms with Crippen molar-refractivity contribution in [3.63, 3.8) is 0 Å². The largest absolute Gasteiger partial charge is 0.444 e. The van der Waals surface area contributed by atoms with Gasteiger partial charge in [-0.1, -0.05) is 0 Å². The molecule has 0 unspecified atom stereocenters. The molecule has 106 valence electrons. The minimum Gasteiger partial charge on any atom is -0.444 e. The Morgan fingerprint density at radius 1 is 1.39 bits per heavy atom. The highest BCUT2D eigenvalue weighted by molar-refractivity contribution is 7.84. The number of nitrogens with two attached hydrogens (primary N) is 1. The third kappa shape index (κ3) is 5.19. The molecule has 0 aromatic carbocycles. The molecule has 0 heterocycles. The van der Waals surface area contributed by atoms with Crippen LogP contribution >= 0.6 is 0 Å². The Labute approximate surface area is 107 Å². The zero-order chi connectivity index (χ0) is 14.0. The second kappa shape index (κ2) is 5.02. The first-order valence-electron chi connectivity index (χ1n) is 5.70. The van der Waals surface area contributed by atoms with Crippen LogP contribution < -0.4 is 10.5 Å². The number of hydrogen-bond acceptors (Lipinski definition) is 5. The summed E-state index contributed by atoms with van der Waals surface area (Å²) in [6.07, 6.45) is 1.59. The second-order valence-electron chi connectivity index (χ2n) is 5.52. The van der Waals surface area contributed by atoms with E-state index >= 15 is 0 Å². The highest BCUT2D eigenvalue weighted by Gasteiger charge is 2.40. The summed E-state index contributed by atoms with van der Waals surface area (Å²) in [4.78, 5) is 11.6. The minimum atomic E-state index is -4.00. The number of amides is 1. The second-order valence-corrected chi connectivity index (χ2v) is 6.74. The SMILES string of the molecule is CC(C)(C)OC(=O)NC1(COS(N)(=O)=O)CCC1. The average Bonchev–Trinajstić information content (AvgIpc) is 2.04. The van der Waals surface area contributed by atoms with Crippen molar-refractivity contribution in [2.45, 2.75) is 51.2 Å². The molecule has 0 radical (unpaired) electrons. The first-order chi connectivity index (χ1) is 8.02. The lowest BCUT2D eigenvalue weighted by Crippen LogP contribution is -2.58. The Bertz CT molecular complexity index is 408. The molecule has 3 N–H and O–H groups in total. The van der Waals surface area contributed by atoms with Gasteiger partial charge in [0.1, 0.15) is 5.60 Å². The van der Waals surface area contributed by atoms with Gasteiger partial charge >= 0.3 is 16.4 Å². The predicted molar refractivity (Wildman–Crippen MR) is 65.0 cm³/mol. The molecule has 8 heteroatoms. The molecule has 0 bridgehead atoms. The van der Waals surface area contributed by atoms with E-state index in [9.17, 15) is 13.2 Å². The fraction of sp³-hybridized carbons (Fsp3) is 0.900. The molecular formula is C10H20N2O5S. The zero-order valence-electron chi connectivity index (χ0n) is 10.9. The molecule has 18 heavy (non-hydrogen) atoms. The monoisotopic (exact) mass is 280 g/mol. The smallest absolute Gasteiger partial charge is 0.408 e. The molecule has 0 aromatic heterocycles.